The Kier molecular flexibility index (Phi) is 3.17. The van der Waals surface area contributed by atoms with Gasteiger partial charge in [0, 0.05) is 11.4 Å². The van der Waals surface area contributed by atoms with Crippen LogP contribution in [-0.2, 0) is 9.59 Å². The first kappa shape index (κ1) is 12.1. The van der Waals surface area contributed by atoms with Gasteiger partial charge >= 0.3 is 5.97 Å². The summed E-state index contributed by atoms with van der Waals surface area (Å²) >= 11 is 1.31. The number of nitrogens with one attached hydrogen (secondary N) is 1. The second kappa shape index (κ2) is 4.46. The van der Waals surface area contributed by atoms with Crippen LogP contribution in [-0.4, -0.2) is 23.5 Å². The van der Waals surface area contributed by atoms with Gasteiger partial charge in [-0.1, -0.05) is 6.07 Å². The Balaban J connectivity index is 2.09. The lowest BCUT2D eigenvalue weighted by Crippen LogP contribution is -2.41. The molecule has 0 bridgehead atoms. The SMILES string of the molecule is NCC1(C(=O)NC(C(=O)O)c2cccs2)CC1. The smallest absolute Gasteiger partial charge is 0.331 e. The van der Waals surface area contributed by atoms with Crippen molar-refractivity contribution in [3.63, 3.8) is 0 Å². The first-order valence-electron chi connectivity index (χ1n) is 5.36. The first-order chi connectivity index (χ1) is 8.09. The molecule has 1 fully saturated rings. The molecule has 0 saturated heterocycles. The van der Waals surface area contributed by atoms with Gasteiger partial charge in [-0.3, -0.25) is 4.79 Å². The summed E-state index contributed by atoms with van der Waals surface area (Å²) < 4.78 is 0. The van der Waals surface area contributed by atoms with Crippen molar-refractivity contribution in [3.05, 3.63) is 22.4 Å². The van der Waals surface area contributed by atoms with Crippen LogP contribution in [0.2, 0.25) is 0 Å². The van der Waals surface area contributed by atoms with E-state index in [-0.39, 0.29) is 12.5 Å². The third-order valence-electron chi connectivity index (χ3n) is 3.08. The normalized spacial score (nSPS) is 18.4. The number of thiophene rings is 1. The van der Waals surface area contributed by atoms with Gasteiger partial charge in [-0.25, -0.2) is 4.79 Å². The third-order valence-corrected chi connectivity index (χ3v) is 4.01. The third kappa shape index (κ3) is 2.32. The van der Waals surface area contributed by atoms with Crippen molar-refractivity contribution < 1.29 is 14.7 Å². The highest BCUT2D eigenvalue weighted by molar-refractivity contribution is 7.10. The predicted octanol–water partition coefficient (Wildman–Crippen LogP) is 0.729. The lowest BCUT2D eigenvalue weighted by atomic mass is 10.1. The monoisotopic (exact) mass is 254 g/mol. The van der Waals surface area contributed by atoms with Crippen LogP contribution >= 0.6 is 11.3 Å². The lowest BCUT2D eigenvalue weighted by molar-refractivity contribution is -0.142. The highest BCUT2D eigenvalue weighted by atomic mass is 32.1. The number of carboxylic acid groups (broad SMARTS) is 1. The van der Waals surface area contributed by atoms with Gasteiger partial charge in [-0.05, 0) is 24.3 Å². The van der Waals surface area contributed by atoms with Crippen molar-refractivity contribution in [2.24, 2.45) is 11.1 Å². The van der Waals surface area contributed by atoms with Crippen LogP contribution < -0.4 is 11.1 Å². The summed E-state index contributed by atoms with van der Waals surface area (Å²) in [5, 5.41) is 13.5. The van der Waals surface area contributed by atoms with E-state index in [1.807, 2.05) is 0 Å². The van der Waals surface area contributed by atoms with Crippen LogP contribution in [0.5, 0.6) is 0 Å². The number of hydrogen-bond acceptors (Lipinski definition) is 4. The number of carbonyl (C=O) groups excluding carboxylic acids is 1. The molecular weight excluding hydrogens is 240 g/mol. The summed E-state index contributed by atoms with van der Waals surface area (Å²) in [6, 6.07) is 2.50. The minimum Gasteiger partial charge on any atom is -0.479 e. The summed E-state index contributed by atoms with van der Waals surface area (Å²) in [6.07, 6.45) is 1.48. The Morgan fingerprint density at radius 2 is 2.29 bits per heavy atom. The summed E-state index contributed by atoms with van der Waals surface area (Å²) in [5.74, 6) is -1.30. The molecule has 1 amide bonds. The topological polar surface area (TPSA) is 92.4 Å². The zero-order valence-electron chi connectivity index (χ0n) is 9.18. The molecule has 6 heteroatoms. The van der Waals surface area contributed by atoms with E-state index in [2.05, 4.69) is 5.32 Å². The number of aliphatic carboxylic acids is 1. The molecule has 92 valence electrons. The molecule has 1 aromatic rings. The minimum atomic E-state index is -1.05. The summed E-state index contributed by atoms with van der Waals surface area (Å²) in [7, 11) is 0. The minimum absolute atomic E-state index is 0.249. The number of nitrogens with two attached hydrogens (primary N) is 1. The van der Waals surface area contributed by atoms with E-state index in [4.69, 9.17) is 10.8 Å². The molecule has 4 N–H and O–H groups in total. The maximum Gasteiger partial charge on any atom is 0.331 e. The van der Waals surface area contributed by atoms with Gasteiger partial charge in [0.25, 0.3) is 0 Å². The van der Waals surface area contributed by atoms with Crippen LogP contribution in [0.3, 0.4) is 0 Å². The van der Waals surface area contributed by atoms with Crippen LogP contribution in [0.1, 0.15) is 23.8 Å². The number of rotatable bonds is 5. The summed E-state index contributed by atoms with van der Waals surface area (Å²) in [4.78, 5) is 23.7. The van der Waals surface area contributed by atoms with Crippen LogP contribution in [0.15, 0.2) is 17.5 Å². The lowest BCUT2D eigenvalue weighted by Gasteiger charge is -2.17. The maximum atomic E-state index is 11.9. The molecule has 1 aliphatic carbocycles. The van der Waals surface area contributed by atoms with Crippen LogP contribution in [0, 0.1) is 5.41 Å². The quantitative estimate of drug-likeness (QED) is 0.722. The Morgan fingerprint density at radius 1 is 1.59 bits per heavy atom. The van der Waals surface area contributed by atoms with E-state index in [1.165, 1.54) is 11.3 Å². The Hall–Kier alpha value is -1.40. The van der Waals surface area contributed by atoms with E-state index in [0.717, 1.165) is 12.8 Å². The molecule has 17 heavy (non-hydrogen) atoms. The molecule has 2 rings (SSSR count). The molecule has 1 unspecified atom stereocenters. The average Bonchev–Trinajstić information content (AvgIpc) is 2.93. The molecule has 0 spiro atoms. The highest BCUT2D eigenvalue weighted by Gasteiger charge is 2.49. The molecule has 1 heterocycles. The average molecular weight is 254 g/mol. The van der Waals surface area contributed by atoms with Crippen LogP contribution in [0.4, 0.5) is 0 Å². The molecule has 1 aliphatic rings. The van der Waals surface area contributed by atoms with Gasteiger partial charge < -0.3 is 16.2 Å². The second-order valence-corrected chi connectivity index (χ2v) is 5.22. The molecule has 0 radical (unpaired) electrons. The van der Waals surface area contributed by atoms with E-state index in [0.29, 0.717) is 4.88 Å². The molecular formula is C11H14N2O3S. The van der Waals surface area contributed by atoms with Crippen molar-refractivity contribution in [3.8, 4) is 0 Å². The Labute approximate surface area is 103 Å². The van der Waals surface area contributed by atoms with Gasteiger partial charge in [0.05, 0.1) is 5.41 Å². The van der Waals surface area contributed by atoms with Gasteiger partial charge in [0.1, 0.15) is 0 Å². The fourth-order valence-corrected chi connectivity index (χ4v) is 2.44. The first-order valence-corrected chi connectivity index (χ1v) is 6.24. The largest absolute Gasteiger partial charge is 0.479 e. The van der Waals surface area contributed by atoms with E-state index < -0.39 is 17.4 Å². The van der Waals surface area contributed by atoms with E-state index >= 15 is 0 Å². The van der Waals surface area contributed by atoms with Crippen molar-refractivity contribution in [2.75, 3.05) is 6.54 Å². The van der Waals surface area contributed by atoms with Crippen LogP contribution in [0.25, 0.3) is 0 Å². The standard InChI is InChI=1S/C11H14N2O3S/c12-6-11(3-4-11)10(16)13-8(9(14)15)7-2-1-5-17-7/h1-2,5,8H,3-4,6,12H2,(H,13,16)(H,14,15). The zero-order valence-corrected chi connectivity index (χ0v) is 10.00. The van der Waals surface area contributed by atoms with E-state index in [9.17, 15) is 9.59 Å². The second-order valence-electron chi connectivity index (χ2n) is 4.24. The summed E-state index contributed by atoms with van der Waals surface area (Å²) in [6.45, 7) is 0.273. The van der Waals surface area contributed by atoms with E-state index in [1.54, 1.807) is 17.5 Å². The number of carboxylic acids is 1. The van der Waals surface area contributed by atoms with Crippen molar-refractivity contribution in [1.29, 1.82) is 0 Å². The highest BCUT2D eigenvalue weighted by Crippen LogP contribution is 2.45. The van der Waals surface area contributed by atoms with Crippen molar-refractivity contribution in [1.82, 2.24) is 5.32 Å². The van der Waals surface area contributed by atoms with Gasteiger partial charge in [0.2, 0.25) is 5.91 Å². The molecule has 1 aromatic heterocycles. The number of hydrogen-bond donors (Lipinski definition) is 3. The molecule has 0 aromatic carbocycles. The van der Waals surface area contributed by atoms with Gasteiger partial charge in [0.15, 0.2) is 6.04 Å². The van der Waals surface area contributed by atoms with Crippen molar-refractivity contribution >= 4 is 23.2 Å². The molecule has 1 saturated carbocycles. The predicted molar refractivity (Wildman–Crippen MR) is 63.6 cm³/mol. The number of amides is 1. The summed E-state index contributed by atoms with van der Waals surface area (Å²) in [5.41, 5.74) is 5.01. The Morgan fingerprint density at radius 3 is 2.71 bits per heavy atom. The fraction of sp³-hybridized carbons (Fsp3) is 0.455. The molecule has 1 atom stereocenters. The maximum absolute atomic E-state index is 11.9. The Bertz CT molecular complexity index is 426. The van der Waals surface area contributed by atoms with Gasteiger partial charge in [-0.15, -0.1) is 11.3 Å². The molecule has 0 aliphatic heterocycles. The van der Waals surface area contributed by atoms with Gasteiger partial charge in [-0.2, -0.15) is 0 Å². The fourth-order valence-electron chi connectivity index (χ4n) is 1.67. The molecule has 5 nitrogen and oxygen atoms in total. The zero-order chi connectivity index (χ0) is 12.5. The van der Waals surface area contributed by atoms with Crippen molar-refractivity contribution in [2.45, 2.75) is 18.9 Å². The number of carbonyl (C=O) groups is 2.